The van der Waals surface area contributed by atoms with Crippen molar-refractivity contribution in [2.24, 2.45) is 23.2 Å². The molecule has 0 radical (unpaired) electrons. The first-order valence-corrected chi connectivity index (χ1v) is 14.0. The maximum absolute atomic E-state index is 13.2. The summed E-state index contributed by atoms with van der Waals surface area (Å²) >= 11 is 0. The predicted molar refractivity (Wildman–Crippen MR) is 143 cm³/mol. The van der Waals surface area contributed by atoms with E-state index in [1.54, 1.807) is 7.11 Å². The van der Waals surface area contributed by atoms with Crippen molar-refractivity contribution in [2.75, 3.05) is 7.11 Å². The van der Waals surface area contributed by atoms with E-state index in [0.29, 0.717) is 42.4 Å². The van der Waals surface area contributed by atoms with E-state index in [0.717, 1.165) is 62.7 Å². The van der Waals surface area contributed by atoms with Crippen molar-refractivity contribution in [3.05, 3.63) is 65.2 Å². The smallest absolute Gasteiger partial charge is 0.220 e. The number of ketones is 1. The van der Waals surface area contributed by atoms with Gasteiger partial charge in [0, 0.05) is 24.8 Å². The molecule has 5 rings (SSSR count). The van der Waals surface area contributed by atoms with Gasteiger partial charge < -0.3 is 10.1 Å². The number of hydrogen-bond acceptors (Lipinski definition) is 3. The van der Waals surface area contributed by atoms with Crippen LogP contribution in [-0.2, 0) is 22.6 Å². The molecule has 1 amide bonds. The number of aryl methyl sites for hydroxylation is 1. The lowest BCUT2D eigenvalue weighted by Gasteiger charge is -2.50. The Morgan fingerprint density at radius 3 is 2.72 bits per heavy atom. The van der Waals surface area contributed by atoms with Gasteiger partial charge in [-0.05, 0) is 91.0 Å². The minimum Gasteiger partial charge on any atom is -0.497 e. The molecule has 3 unspecified atom stereocenters. The third kappa shape index (κ3) is 4.96. The van der Waals surface area contributed by atoms with E-state index < -0.39 is 0 Å². The molecule has 3 aliphatic rings. The predicted octanol–water partition coefficient (Wildman–Crippen LogP) is 6.61. The maximum Gasteiger partial charge on any atom is 0.220 e. The fourth-order valence-electron chi connectivity index (χ4n) is 7.76. The van der Waals surface area contributed by atoms with Crippen LogP contribution in [0.2, 0.25) is 0 Å². The van der Waals surface area contributed by atoms with Crippen LogP contribution >= 0.6 is 0 Å². The van der Waals surface area contributed by atoms with Crippen LogP contribution in [0.5, 0.6) is 5.75 Å². The molecule has 4 nitrogen and oxygen atoms in total. The van der Waals surface area contributed by atoms with Gasteiger partial charge in [-0.15, -0.1) is 0 Å². The Morgan fingerprint density at radius 2 is 1.92 bits per heavy atom. The van der Waals surface area contributed by atoms with Crippen LogP contribution in [0, 0.1) is 23.2 Å². The van der Waals surface area contributed by atoms with Crippen molar-refractivity contribution < 1.29 is 14.3 Å². The molecule has 0 saturated heterocycles. The Labute approximate surface area is 216 Å². The molecular weight excluding hydrogens is 446 g/mol. The molecule has 0 heterocycles. The summed E-state index contributed by atoms with van der Waals surface area (Å²) in [7, 11) is 1.74. The second-order valence-corrected chi connectivity index (χ2v) is 11.6. The Kier molecular flexibility index (Phi) is 7.50. The van der Waals surface area contributed by atoms with Crippen LogP contribution in [0.25, 0.3) is 0 Å². The number of hydrogen-bond donors (Lipinski definition) is 1. The summed E-state index contributed by atoms with van der Waals surface area (Å²) in [5, 5.41) is 3.03. The summed E-state index contributed by atoms with van der Waals surface area (Å²) in [6, 6.07) is 16.7. The van der Waals surface area contributed by atoms with Gasteiger partial charge in [0.15, 0.2) is 0 Å². The normalized spacial score (nSPS) is 28.7. The van der Waals surface area contributed by atoms with Crippen LogP contribution in [0.4, 0.5) is 0 Å². The second kappa shape index (κ2) is 10.8. The first kappa shape index (κ1) is 25.0. The first-order valence-electron chi connectivity index (χ1n) is 14.0. The third-order valence-electron chi connectivity index (χ3n) is 9.59. The molecule has 0 aromatic heterocycles. The van der Waals surface area contributed by atoms with Gasteiger partial charge in [0.2, 0.25) is 5.91 Å². The van der Waals surface area contributed by atoms with E-state index >= 15 is 0 Å². The van der Waals surface area contributed by atoms with Gasteiger partial charge in [-0.3, -0.25) is 9.59 Å². The second-order valence-electron chi connectivity index (χ2n) is 11.6. The molecule has 0 spiro atoms. The Bertz CT molecular complexity index is 1080. The molecule has 1 N–H and O–H groups in total. The monoisotopic (exact) mass is 487 g/mol. The average Bonchev–Trinajstić information content (AvgIpc) is 3.16. The van der Waals surface area contributed by atoms with E-state index in [2.05, 4.69) is 30.4 Å². The zero-order valence-electron chi connectivity index (χ0n) is 21.9. The van der Waals surface area contributed by atoms with Gasteiger partial charge in [0.1, 0.15) is 11.5 Å². The van der Waals surface area contributed by atoms with E-state index in [1.807, 2.05) is 30.3 Å². The minimum absolute atomic E-state index is 0.132. The molecule has 3 aliphatic carbocycles. The summed E-state index contributed by atoms with van der Waals surface area (Å²) < 4.78 is 5.48. The highest BCUT2D eigenvalue weighted by Crippen LogP contribution is 2.62. The molecule has 192 valence electrons. The number of carbonyl (C=O) groups excluding carboxylic acids is 2. The quantitative estimate of drug-likeness (QED) is 0.405. The molecule has 2 saturated carbocycles. The van der Waals surface area contributed by atoms with E-state index in [-0.39, 0.29) is 11.3 Å². The van der Waals surface area contributed by atoms with E-state index in [4.69, 9.17) is 4.74 Å². The van der Waals surface area contributed by atoms with Crippen LogP contribution in [0.3, 0.4) is 0 Å². The number of unbranched alkanes of at least 4 members (excludes halogenated alkanes) is 2. The Hall–Kier alpha value is -2.62. The highest BCUT2D eigenvalue weighted by atomic mass is 16.5. The zero-order chi connectivity index (χ0) is 25.1. The summed E-state index contributed by atoms with van der Waals surface area (Å²) in [6.45, 7) is 2.87. The van der Waals surface area contributed by atoms with Gasteiger partial charge in [0.25, 0.3) is 0 Å². The largest absolute Gasteiger partial charge is 0.497 e. The molecule has 2 aromatic carbocycles. The average molecular weight is 488 g/mol. The van der Waals surface area contributed by atoms with Gasteiger partial charge in [-0.25, -0.2) is 0 Å². The van der Waals surface area contributed by atoms with Gasteiger partial charge in [-0.2, -0.15) is 0 Å². The lowest BCUT2D eigenvalue weighted by Crippen LogP contribution is -2.44. The van der Waals surface area contributed by atoms with Crippen molar-refractivity contribution in [3.63, 3.8) is 0 Å². The lowest BCUT2D eigenvalue weighted by molar-refractivity contribution is -0.129. The number of carbonyl (C=O) groups is 2. The van der Waals surface area contributed by atoms with Crippen LogP contribution in [0.1, 0.15) is 87.3 Å². The van der Waals surface area contributed by atoms with Gasteiger partial charge >= 0.3 is 0 Å². The molecule has 0 aliphatic heterocycles. The Morgan fingerprint density at radius 1 is 1.08 bits per heavy atom. The standard InChI is InChI=1S/C32H41NO3/c1-32-18-17-27-26-16-14-25(36-2)19-23(26)13-15-28(27)31(32)24(20-29(32)34)11-7-4-8-12-30(35)33-21-22-9-5-3-6-10-22/h3,5-6,9-10,14,16,19,24,27-28,31H,4,7-8,11-13,15,17-18,20-21H2,1-2H3,(H,33,35)/t24-,27?,28?,31?,32-/m1/s1. The molecule has 2 fully saturated rings. The number of amides is 1. The number of Topliss-reactive ketones (excluding diaryl/α,β-unsaturated/α-hetero) is 1. The summed E-state index contributed by atoms with van der Waals surface area (Å²) in [5.41, 5.74) is 3.96. The van der Waals surface area contributed by atoms with Crippen molar-refractivity contribution in [3.8, 4) is 5.75 Å². The minimum atomic E-state index is -0.132. The molecule has 0 bridgehead atoms. The fraction of sp³-hybridized carbons (Fsp3) is 0.562. The number of ether oxygens (including phenoxy) is 1. The SMILES string of the molecule is COc1ccc2c(c1)CCC1C2CC[C@]2(C)C(=O)C[C@@H](CCCCCC(=O)NCc3ccccc3)C12. The third-order valence-corrected chi connectivity index (χ3v) is 9.59. The van der Waals surface area contributed by atoms with Crippen molar-refractivity contribution in [1.82, 2.24) is 5.32 Å². The van der Waals surface area contributed by atoms with Gasteiger partial charge in [-0.1, -0.05) is 56.2 Å². The molecular formula is C32H41NO3. The van der Waals surface area contributed by atoms with Crippen LogP contribution < -0.4 is 10.1 Å². The molecule has 4 heteroatoms. The summed E-state index contributed by atoms with van der Waals surface area (Å²) in [4.78, 5) is 25.5. The van der Waals surface area contributed by atoms with Gasteiger partial charge in [0.05, 0.1) is 7.11 Å². The van der Waals surface area contributed by atoms with E-state index in [9.17, 15) is 9.59 Å². The number of methoxy groups -OCH3 is 1. The highest BCUT2D eigenvalue weighted by molar-refractivity contribution is 5.87. The number of rotatable bonds is 9. The number of fused-ring (bicyclic) bond motifs is 5. The maximum atomic E-state index is 13.2. The van der Waals surface area contributed by atoms with Crippen molar-refractivity contribution in [2.45, 2.75) is 83.6 Å². The summed E-state index contributed by atoms with van der Waals surface area (Å²) in [5.74, 6) is 3.81. The number of benzene rings is 2. The first-order chi connectivity index (χ1) is 17.5. The fourth-order valence-corrected chi connectivity index (χ4v) is 7.76. The van der Waals surface area contributed by atoms with E-state index in [1.165, 1.54) is 17.5 Å². The van der Waals surface area contributed by atoms with Crippen molar-refractivity contribution >= 4 is 11.7 Å². The van der Waals surface area contributed by atoms with Crippen LogP contribution in [0.15, 0.2) is 48.5 Å². The molecule has 36 heavy (non-hydrogen) atoms. The topological polar surface area (TPSA) is 55.4 Å². The lowest BCUT2D eigenvalue weighted by atomic mass is 9.54. The molecule has 2 aromatic rings. The van der Waals surface area contributed by atoms with Crippen molar-refractivity contribution in [1.29, 1.82) is 0 Å². The zero-order valence-corrected chi connectivity index (χ0v) is 21.9. The Balaban J connectivity index is 1.14. The van der Waals surface area contributed by atoms with Crippen LogP contribution in [-0.4, -0.2) is 18.8 Å². The summed E-state index contributed by atoms with van der Waals surface area (Å²) in [6.07, 6.45) is 10.0. The number of nitrogens with one attached hydrogen (secondary N) is 1. The molecule has 5 atom stereocenters. The highest BCUT2D eigenvalue weighted by Gasteiger charge is 2.58.